The summed E-state index contributed by atoms with van der Waals surface area (Å²) >= 11 is 0. The maximum atomic E-state index is 12.4. The third-order valence-electron chi connectivity index (χ3n) is 4.64. The molecular weight excluding hydrogens is 374 g/mol. The van der Waals surface area contributed by atoms with Crippen LogP contribution in [-0.4, -0.2) is 55.7 Å². The minimum absolute atomic E-state index is 0.0889. The smallest absolute Gasteiger partial charge is 0.333 e. The summed E-state index contributed by atoms with van der Waals surface area (Å²) < 4.78 is 16.2. The van der Waals surface area contributed by atoms with Crippen molar-refractivity contribution in [3.8, 4) is 0 Å². The molecule has 0 bridgehead atoms. The fourth-order valence-electron chi connectivity index (χ4n) is 2.41. The zero-order valence-electron chi connectivity index (χ0n) is 18.8. The van der Waals surface area contributed by atoms with Crippen molar-refractivity contribution in [3.63, 3.8) is 0 Å². The van der Waals surface area contributed by atoms with Crippen LogP contribution in [0.25, 0.3) is 0 Å². The summed E-state index contributed by atoms with van der Waals surface area (Å²) in [6, 6.07) is 0. The molecule has 0 aliphatic carbocycles. The van der Waals surface area contributed by atoms with Crippen molar-refractivity contribution in [1.82, 2.24) is 5.32 Å². The van der Waals surface area contributed by atoms with E-state index in [1.165, 1.54) is 0 Å². The minimum Gasteiger partial charge on any atom is -0.460 e. The van der Waals surface area contributed by atoms with Crippen molar-refractivity contribution in [2.45, 2.75) is 84.8 Å². The molecule has 0 aromatic heterocycles. The molecule has 0 radical (unpaired) electrons. The van der Waals surface area contributed by atoms with Gasteiger partial charge < -0.3 is 19.5 Å². The summed E-state index contributed by atoms with van der Waals surface area (Å²) in [7, 11) is 0. The summed E-state index contributed by atoms with van der Waals surface area (Å²) in [4.78, 5) is 35.6. The first-order chi connectivity index (χ1) is 13.7. The zero-order chi connectivity index (χ0) is 22.3. The monoisotopic (exact) mass is 413 g/mol. The predicted molar refractivity (Wildman–Crippen MR) is 113 cm³/mol. The van der Waals surface area contributed by atoms with Crippen molar-refractivity contribution < 1.29 is 28.6 Å². The number of carbonyl (C=O) groups is 3. The van der Waals surface area contributed by atoms with Gasteiger partial charge in [0.2, 0.25) is 0 Å². The average Bonchev–Trinajstić information content (AvgIpc) is 2.70. The third-order valence-corrected chi connectivity index (χ3v) is 4.64. The highest BCUT2D eigenvalue weighted by Gasteiger charge is 2.31. The number of ether oxygens (including phenoxy) is 3. The number of hydrogen-bond donors (Lipinski definition) is 1. The van der Waals surface area contributed by atoms with Gasteiger partial charge in [0.05, 0.1) is 6.54 Å². The first kappa shape index (κ1) is 27.3. The summed E-state index contributed by atoms with van der Waals surface area (Å²) in [5.74, 6) is -0.577. The van der Waals surface area contributed by atoms with Gasteiger partial charge in [-0.2, -0.15) is 0 Å². The van der Waals surface area contributed by atoms with Gasteiger partial charge in [0, 0.05) is 25.2 Å². The lowest BCUT2D eigenvalue weighted by atomic mass is 10.0. The van der Waals surface area contributed by atoms with Crippen molar-refractivity contribution in [2.24, 2.45) is 0 Å². The molecule has 0 spiro atoms. The molecule has 0 aromatic rings. The normalized spacial score (nSPS) is 14.0. The average molecular weight is 414 g/mol. The van der Waals surface area contributed by atoms with Gasteiger partial charge in [-0.15, -0.1) is 0 Å². The number of ketones is 1. The predicted octanol–water partition coefficient (Wildman–Crippen LogP) is 3.35. The first-order valence-corrected chi connectivity index (χ1v) is 10.6. The van der Waals surface area contributed by atoms with Gasteiger partial charge in [-0.1, -0.05) is 26.8 Å². The van der Waals surface area contributed by atoms with Crippen molar-refractivity contribution >= 4 is 17.7 Å². The lowest BCUT2D eigenvalue weighted by Gasteiger charge is -2.27. The Morgan fingerprint density at radius 3 is 2.34 bits per heavy atom. The Kier molecular flexibility index (Phi) is 14.3. The van der Waals surface area contributed by atoms with Crippen LogP contribution in [0, 0.1) is 0 Å². The molecule has 1 N–H and O–H groups in total. The van der Waals surface area contributed by atoms with Gasteiger partial charge in [-0.05, 0) is 46.5 Å². The van der Waals surface area contributed by atoms with Crippen LogP contribution in [0.15, 0.2) is 12.2 Å². The lowest BCUT2D eigenvalue weighted by Crippen LogP contribution is -2.47. The molecule has 0 rings (SSSR count). The molecule has 1 amide bonds. The fourth-order valence-corrected chi connectivity index (χ4v) is 2.41. The highest BCUT2D eigenvalue weighted by molar-refractivity contribution is 5.87. The Labute approximate surface area is 175 Å². The van der Waals surface area contributed by atoms with E-state index in [0.29, 0.717) is 31.6 Å². The van der Waals surface area contributed by atoms with Gasteiger partial charge in [0.1, 0.15) is 18.3 Å². The molecule has 0 fully saturated rings. The van der Waals surface area contributed by atoms with Crippen LogP contribution in [0.3, 0.4) is 0 Å². The minimum atomic E-state index is -0.934. The molecule has 168 valence electrons. The van der Waals surface area contributed by atoms with Gasteiger partial charge in [-0.25, -0.2) is 4.79 Å². The van der Waals surface area contributed by atoms with E-state index in [4.69, 9.17) is 14.2 Å². The molecule has 0 heterocycles. The Hall–Kier alpha value is -1.73. The van der Waals surface area contributed by atoms with Crippen LogP contribution >= 0.6 is 0 Å². The number of rotatable bonds is 17. The summed E-state index contributed by atoms with van der Waals surface area (Å²) in [5.41, 5.74) is -0.612. The maximum absolute atomic E-state index is 12.4. The Bertz CT molecular complexity index is 533. The Balaban J connectivity index is 4.05. The maximum Gasteiger partial charge on any atom is 0.333 e. The standard InChI is InChI=1S/C22H39NO6/c1-7-14-27-18(5)19(24)12-10-9-11-15-29-22(6,8-2)21(26)23-13-16-28-20(25)17(3)4/h18H,3,7-16H2,1-2,4-6H3,(H,23,26). The molecule has 7 nitrogen and oxygen atoms in total. The molecule has 0 aliphatic rings. The Morgan fingerprint density at radius 2 is 1.76 bits per heavy atom. The molecular formula is C22H39NO6. The molecule has 0 aliphatic heterocycles. The largest absolute Gasteiger partial charge is 0.460 e. The van der Waals surface area contributed by atoms with E-state index in [-0.39, 0.29) is 30.9 Å². The van der Waals surface area contributed by atoms with E-state index in [1.54, 1.807) is 20.8 Å². The number of nitrogens with one attached hydrogen (secondary N) is 1. The van der Waals surface area contributed by atoms with Crippen LogP contribution in [0.2, 0.25) is 0 Å². The first-order valence-electron chi connectivity index (χ1n) is 10.6. The Morgan fingerprint density at radius 1 is 1.07 bits per heavy atom. The number of unbranched alkanes of at least 4 members (excludes halogenated alkanes) is 2. The zero-order valence-corrected chi connectivity index (χ0v) is 18.8. The van der Waals surface area contributed by atoms with Crippen molar-refractivity contribution in [1.29, 1.82) is 0 Å². The second kappa shape index (κ2) is 15.2. The van der Waals surface area contributed by atoms with Crippen LogP contribution in [0.4, 0.5) is 0 Å². The molecule has 7 heteroatoms. The van der Waals surface area contributed by atoms with Gasteiger partial charge in [0.15, 0.2) is 5.78 Å². The van der Waals surface area contributed by atoms with E-state index in [2.05, 4.69) is 11.9 Å². The molecule has 0 saturated carbocycles. The van der Waals surface area contributed by atoms with E-state index in [0.717, 1.165) is 25.7 Å². The lowest BCUT2D eigenvalue weighted by molar-refractivity contribution is -0.147. The number of hydrogen-bond acceptors (Lipinski definition) is 6. The summed E-state index contributed by atoms with van der Waals surface area (Å²) in [5, 5.41) is 2.74. The summed E-state index contributed by atoms with van der Waals surface area (Å²) in [6.07, 6.45) is 3.99. The van der Waals surface area contributed by atoms with Gasteiger partial charge in [-0.3, -0.25) is 9.59 Å². The molecule has 2 atom stereocenters. The van der Waals surface area contributed by atoms with Gasteiger partial charge in [0.25, 0.3) is 5.91 Å². The van der Waals surface area contributed by atoms with Crippen LogP contribution < -0.4 is 5.32 Å². The third kappa shape index (κ3) is 11.8. The molecule has 2 unspecified atom stereocenters. The molecule has 29 heavy (non-hydrogen) atoms. The highest BCUT2D eigenvalue weighted by atomic mass is 16.5. The van der Waals surface area contributed by atoms with Crippen molar-refractivity contribution in [2.75, 3.05) is 26.4 Å². The molecule has 0 saturated heterocycles. The molecule has 0 aromatic carbocycles. The second-order valence-electron chi connectivity index (χ2n) is 7.40. The van der Waals surface area contributed by atoms with E-state index >= 15 is 0 Å². The fraction of sp³-hybridized carbons (Fsp3) is 0.773. The SMILES string of the molecule is C=C(C)C(=O)OCCNC(=O)C(C)(CC)OCCCCCC(=O)C(C)OCCC. The van der Waals surface area contributed by atoms with E-state index in [9.17, 15) is 14.4 Å². The second-order valence-corrected chi connectivity index (χ2v) is 7.40. The number of esters is 1. The quantitative estimate of drug-likeness (QED) is 0.223. The number of carbonyl (C=O) groups excluding carboxylic acids is 3. The number of Topliss-reactive ketones (excluding diaryl/α,β-unsaturated/α-hetero) is 1. The van der Waals surface area contributed by atoms with Crippen LogP contribution in [-0.2, 0) is 28.6 Å². The van der Waals surface area contributed by atoms with Gasteiger partial charge >= 0.3 is 5.97 Å². The van der Waals surface area contributed by atoms with Crippen LogP contribution in [0.5, 0.6) is 0 Å². The topological polar surface area (TPSA) is 90.9 Å². The summed E-state index contributed by atoms with van der Waals surface area (Å²) in [6.45, 7) is 13.9. The number of amides is 1. The highest BCUT2D eigenvalue weighted by Crippen LogP contribution is 2.17. The van der Waals surface area contributed by atoms with E-state index < -0.39 is 11.6 Å². The van der Waals surface area contributed by atoms with Crippen molar-refractivity contribution in [3.05, 3.63) is 12.2 Å². The van der Waals surface area contributed by atoms with E-state index in [1.807, 2.05) is 13.8 Å². The van der Waals surface area contributed by atoms with Crippen LogP contribution in [0.1, 0.15) is 73.1 Å².